The summed E-state index contributed by atoms with van der Waals surface area (Å²) in [5.41, 5.74) is 10.2. The van der Waals surface area contributed by atoms with Gasteiger partial charge in [-0.3, -0.25) is 9.59 Å². The van der Waals surface area contributed by atoms with Crippen molar-refractivity contribution in [2.75, 3.05) is 12.8 Å². The first-order chi connectivity index (χ1) is 13.6. The van der Waals surface area contributed by atoms with Crippen molar-refractivity contribution in [1.29, 1.82) is 0 Å². The second-order valence-corrected chi connectivity index (χ2v) is 10.2. The predicted octanol–water partition coefficient (Wildman–Crippen LogP) is 2.55. The van der Waals surface area contributed by atoms with Gasteiger partial charge in [0.05, 0.1) is 0 Å². The summed E-state index contributed by atoms with van der Waals surface area (Å²) < 4.78 is 22.4. The Morgan fingerprint density at radius 2 is 1.76 bits per heavy atom. The molecule has 0 fully saturated rings. The van der Waals surface area contributed by atoms with Crippen LogP contribution < -0.4 is 5.73 Å². The van der Waals surface area contributed by atoms with Crippen molar-refractivity contribution in [3.63, 3.8) is 0 Å². The van der Waals surface area contributed by atoms with Gasteiger partial charge in [0.25, 0.3) is 5.91 Å². The highest BCUT2D eigenvalue weighted by Gasteiger charge is 2.42. The molecule has 154 valence electrons. The fraction of sp³-hybridized carbons (Fsp3) is 0.364. The van der Waals surface area contributed by atoms with Crippen molar-refractivity contribution in [2.24, 2.45) is 5.73 Å². The molecule has 1 heterocycles. The van der Waals surface area contributed by atoms with E-state index in [1.54, 1.807) is 4.90 Å². The predicted molar refractivity (Wildman–Crippen MR) is 113 cm³/mol. The summed E-state index contributed by atoms with van der Waals surface area (Å²) in [6.07, 6.45) is 1.94. The van der Waals surface area contributed by atoms with E-state index in [9.17, 15) is 18.0 Å². The molecule has 2 aromatic rings. The number of carbonyl (C=O) groups excluding carboxylic acids is 2. The second kappa shape index (κ2) is 7.63. The molecule has 0 bridgehead atoms. The third-order valence-corrected chi connectivity index (χ3v) is 7.92. The number of nitrogens with zero attached hydrogens (tertiary/aromatic N) is 1. The van der Waals surface area contributed by atoms with Gasteiger partial charge in [-0.2, -0.15) is 0 Å². The van der Waals surface area contributed by atoms with E-state index in [0.29, 0.717) is 12.1 Å². The second-order valence-electron chi connectivity index (χ2n) is 7.77. The van der Waals surface area contributed by atoms with Crippen LogP contribution in [0.3, 0.4) is 0 Å². The van der Waals surface area contributed by atoms with Crippen molar-refractivity contribution >= 4 is 21.7 Å². The molecule has 3 rings (SSSR count). The minimum absolute atomic E-state index is 0.0355. The maximum absolute atomic E-state index is 12.7. The third kappa shape index (κ3) is 3.92. The summed E-state index contributed by atoms with van der Waals surface area (Å²) in [6.45, 7) is 3.95. The van der Waals surface area contributed by atoms with Gasteiger partial charge in [-0.25, -0.2) is 8.42 Å². The number of sulfone groups is 1. The molecule has 2 N–H and O–H groups in total. The Hall–Kier alpha value is -2.67. The lowest BCUT2D eigenvalue weighted by Crippen LogP contribution is -2.49. The first kappa shape index (κ1) is 21.0. The van der Waals surface area contributed by atoms with Crippen LogP contribution in [-0.2, 0) is 27.6 Å². The molecule has 1 atom stereocenters. The number of primary amides is 1. The zero-order valence-corrected chi connectivity index (χ0v) is 17.8. The van der Waals surface area contributed by atoms with E-state index in [0.717, 1.165) is 29.4 Å². The van der Waals surface area contributed by atoms with Gasteiger partial charge in [-0.05, 0) is 54.2 Å². The Kier molecular flexibility index (Phi) is 5.54. The highest BCUT2D eigenvalue weighted by Crippen LogP contribution is 2.30. The molecule has 2 aromatic carbocycles. The molecule has 0 aromatic heterocycles. The first-order valence-corrected chi connectivity index (χ1v) is 11.5. The molecule has 0 radical (unpaired) electrons. The number of nitrogens with two attached hydrogens (primary N) is 1. The molecule has 1 aliphatic heterocycles. The summed E-state index contributed by atoms with van der Waals surface area (Å²) in [5.74, 6) is -1.06. The van der Waals surface area contributed by atoms with E-state index >= 15 is 0 Å². The molecule has 0 saturated carbocycles. The largest absolute Gasteiger partial charge is 0.368 e. The van der Waals surface area contributed by atoms with Gasteiger partial charge in [0.1, 0.15) is 4.75 Å². The minimum Gasteiger partial charge on any atom is -0.368 e. The minimum atomic E-state index is -3.70. The van der Waals surface area contributed by atoms with E-state index in [1.165, 1.54) is 12.5 Å². The maximum Gasteiger partial charge on any atom is 0.254 e. The van der Waals surface area contributed by atoms with Crippen LogP contribution in [0.5, 0.6) is 0 Å². The Morgan fingerprint density at radius 3 is 2.31 bits per heavy atom. The van der Waals surface area contributed by atoms with E-state index in [2.05, 4.69) is 31.2 Å². The number of hydrogen-bond acceptors (Lipinski definition) is 4. The van der Waals surface area contributed by atoms with Crippen molar-refractivity contribution in [2.45, 2.75) is 38.0 Å². The number of amides is 2. The molecule has 0 aliphatic carbocycles. The van der Waals surface area contributed by atoms with Crippen LogP contribution in [0.4, 0.5) is 0 Å². The number of benzene rings is 2. The van der Waals surface area contributed by atoms with Crippen molar-refractivity contribution in [3.8, 4) is 11.1 Å². The summed E-state index contributed by atoms with van der Waals surface area (Å²) in [7, 11) is -3.70. The highest BCUT2D eigenvalue weighted by molar-refractivity contribution is 7.92. The Bertz CT molecular complexity index is 1060. The van der Waals surface area contributed by atoms with Crippen molar-refractivity contribution < 1.29 is 18.0 Å². The Labute approximate surface area is 171 Å². The average Bonchev–Trinajstić information content (AvgIpc) is 3.00. The molecule has 0 saturated heterocycles. The first-order valence-electron chi connectivity index (χ1n) is 9.58. The van der Waals surface area contributed by atoms with Gasteiger partial charge in [-0.1, -0.05) is 37.3 Å². The fourth-order valence-electron chi connectivity index (χ4n) is 3.51. The quantitative estimate of drug-likeness (QED) is 0.753. The number of aryl methyl sites for hydroxylation is 1. The van der Waals surface area contributed by atoms with E-state index in [-0.39, 0.29) is 18.9 Å². The Balaban J connectivity index is 1.79. The molecule has 1 aliphatic rings. The monoisotopic (exact) mass is 414 g/mol. The van der Waals surface area contributed by atoms with E-state index < -0.39 is 20.5 Å². The van der Waals surface area contributed by atoms with Crippen molar-refractivity contribution in [1.82, 2.24) is 4.90 Å². The van der Waals surface area contributed by atoms with Crippen molar-refractivity contribution in [3.05, 3.63) is 59.2 Å². The summed E-state index contributed by atoms with van der Waals surface area (Å²) in [5, 5.41) is 0. The maximum atomic E-state index is 12.7. The summed E-state index contributed by atoms with van der Waals surface area (Å²) in [6, 6.07) is 14.1. The van der Waals surface area contributed by atoms with Gasteiger partial charge < -0.3 is 10.6 Å². The molecule has 29 heavy (non-hydrogen) atoms. The van der Waals surface area contributed by atoms with Crippen LogP contribution in [0.15, 0.2) is 42.5 Å². The van der Waals surface area contributed by atoms with Gasteiger partial charge >= 0.3 is 0 Å². The van der Waals surface area contributed by atoms with Gasteiger partial charge in [0.2, 0.25) is 5.91 Å². The standard InChI is InChI=1S/C22H26N2O4S/c1-4-15-5-7-16(8-6-15)17-9-10-19-18(13-17)14-24(20(19)25)12-11-22(2,21(23)26)29(3,27)28/h5-10,13H,4,11-12,14H2,1-3H3,(H2,23,26)/t22-/m1/s1. The van der Waals surface area contributed by atoms with Crippen LogP contribution >= 0.6 is 0 Å². The number of rotatable bonds is 7. The molecule has 7 heteroatoms. The smallest absolute Gasteiger partial charge is 0.254 e. The number of hydrogen-bond donors (Lipinski definition) is 1. The number of carbonyl (C=O) groups is 2. The van der Waals surface area contributed by atoms with Crippen LogP contribution in [0.25, 0.3) is 11.1 Å². The topological polar surface area (TPSA) is 97.5 Å². The van der Waals surface area contributed by atoms with Crippen LogP contribution in [-0.4, -0.2) is 42.7 Å². The highest BCUT2D eigenvalue weighted by atomic mass is 32.2. The third-order valence-electron chi connectivity index (χ3n) is 5.88. The summed E-state index contributed by atoms with van der Waals surface area (Å²) >= 11 is 0. The Morgan fingerprint density at radius 1 is 1.14 bits per heavy atom. The summed E-state index contributed by atoms with van der Waals surface area (Å²) in [4.78, 5) is 26.1. The van der Waals surface area contributed by atoms with Gasteiger partial charge in [0, 0.05) is 24.9 Å². The fourth-order valence-corrected chi connectivity index (χ4v) is 4.34. The molecule has 6 nitrogen and oxygen atoms in total. The average molecular weight is 415 g/mol. The number of fused-ring (bicyclic) bond motifs is 1. The van der Waals surface area contributed by atoms with Crippen LogP contribution in [0.1, 0.15) is 41.8 Å². The van der Waals surface area contributed by atoms with E-state index in [4.69, 9.17) is 5.73 Å². The molecular weight excluding hydrogens is 388 g/mol. The molecule has 2 amide bonds. The molecule has 0 unspecified atom stereocenters. The molecular formula is C22H26N2O4S. The van der Waals surface area contributed by atoms with Gasteiger partial charge in [-0.15, -0.1) is 0 Å². The SMILES string of the molecule is CCc1ccc(-c2ccc3c(c2)CN(CC[C@](C)(C(N)=O)S(C)(=O)=O)C3=O)cc1. The van der Waals surface area contributed by atoms with E-state index in [1.807, 2.05) is 18.2 Å². The van der Waals surface area contributed by atoms with Crippen LogP contribution in [0, 0.1) is 0 Å². The van der Waals surface area contributed by atoms with Gasteiger partial charge in [0.15, 0.2) is 9.84 Å². The molecule has 0 spiro atoms. The zero-order chi connectivity index (χ0) is 21.4. The normalized spacial score (nSPS) is 15.8. The zero-order valence-electron chi connectivity index (χ0n) is 16.9. The van der Waals surface area contributed by atoms with Crippen LogP contribution in [0.2, 0.25) is 0 Å². The lowest BCUT2D eigenvalue weighted by atomic mass is 9.99. The lowest BCUT2D eigenvalue weighted by Gasteiger charge is -2.26. The lowest BCUT2D eigenvalue weighted by molar-refractivity contribution is -0.120.